The van der Waals surface area contributed by atoms with Gasteiger partial charge in [0.05, 0.1) is 0 Å². The molecule has 0 aromatic rings. The second-order valence-electron chi connectivity index (χ2n) is 4.27. The standard InChI is InChI=1S/C12H21N/c1-11(2)10-13-9-5-8-12-6-3-4-7-12/h9-10,12H,3-8H2,1-2H3. The molecule has 1 saturated carbocycles. The molecule has 0 aromatic heterocycles. The van der Waals surface area contributed by atoms with E-state index in [-0.39, 0.29) is 0 Å². The summed E-state index contributed by atoms with van der Waals surface area (Å²) in [5, 5.41) is 0. The molecular formula is C12H21N. The van der Waals surface area contributed by atoms with Crippen LogP contribution in [-0.4, -0.2) is 6.21 Å². The zero-order chi connectivity index (χ0) is 9.52. The molecule has 0 bridgehead atoms. The maximum Gasteiger partial charge on any atom is 0.0250 e. The van der Waals surface area contributed by atoms with Gasteiger partial charge in [0.15, 0.2) is 0 Å². The Hall–Kier alpha value is -0.590. The Morgan fingerprint density at radius 1 is 1.31 bits per heavy atom. The number of hydrogen-bond donors (Lipinski definition) is 0. The summed E-state index contributed by atoms with van der Waals surface area (Å²) < 4.78 is 0. The van der Waals surface area contributed by atoms with E-state index in [1.807, 2.05) is 6.20 Å². The van der Waals surface area contributed by atoms with Gasteiger partial charge in [-0.3, -0.25) is 4.99 Å². The zero-order valence-corrected chi connectivity index (χ0v) is 8.92. The quantitative estimate of drug-likeness (QED) is 0.579. The minimum absolute atomic E-state index is 0.998. The van der Waals surface area contributed by atoms with Crippen molar-refractivity contribution in [3.05, 3.63) is 11.8 Å². The normalized spacial score (nSPS) is 18.3. The Morgan fingerprint density at radius 2 is 2.00 bits per heavy atom. The first-order valence-corrected chi connectivity index (χ1v) is 5.44. The van der Waals surface area contributed by atoms with Crippen molar-refractivity contribution in [3.8, 4) is 0 Å². The number of aliphatic imine (C=N–C) groups is 1. The van der Waals surface area contributed by atoms with E-state index in [1.54, 1.807) is 0 Å². The van der Waals surface area contributed by atoms with Crippen LogP contribution >= 0.6 is 0 Å². The van der Waals surface area contributed by atoms with Gasteiger partial charge in [-0.15, -0.1) is 0 Å². The molecule has 0 saturated heterocycles. The molecule has 1 fully saturated rings. The third-order valence-electron chi connectivity index (χ3n) is 2.62. The molecule has 0 aliphatic heterocycles. The predicted octanol–water partition coefficient (Wildman–Crippen LogP) is 3.95. The van der Waals surface area contributed by atoms with E-state index >= 15 is 0 Å². The molecule has 0 amide bonds. The molecule has 13 heavy (non-hydrogen) atoms. The fourth-order valence-corrected chi connectivity index (χ4v) is 1.89. The fourth-order valence-electron chi connectivity index (χ4n) is 1.89. The molecule has 0 unspecified atom stereocenters. The molecule has 0 heterocycles. The predicted molar refractivity (Wildman–Crippen MR) is 59.1 cm³/mol. The van der Waals surface area contributed by atoms with Gasteiger partial charge in [0.1, 0.15) is 0 Å². The highest BCUT2D eigenvalue weighted by atomic mass is 14.7. The average Bonchev–Trinajstić information content (AvgIpc) is 2.55. The van der Waals surface area contributed by atoms with Crippen LogP contribution in [0.3, 0.4) is 0 Å². The molecule has 1 heteroatoms. The van der Waals surface area contributed by atoms with E-state index in [2.05, 4.69) is 25.1 Å². The summed E-state index contributed by atoms with van der Waals surface area (Å²) >= 11 is 0. The van der Waals surface area contributed by atoms with Crippen molar-refractivity contribution in [2.45, 2.75) is 52.4 Å². The van der Waals surface area contributed by atoms with Gasteiger partial charge in [-0.05, 0) is 32.6 Å². The Labute approximate surface area is 82.0 Å². The van der Waals surface area contributed by atoms with Crippen molar-refractivity contribution in [3.63, 3.8) is 0 Å². The van der Waals surface area contributed by atoms with Crippen molar-refractivity contribution in [2.75, 3.05) is 0 Å². The molecule has 0 radical (unpaired) electrons. The molecule has 0 spiro atoms. The summed E-state index contributed by atoms with van der Waals surface area (Å²) in [6, 6.07) is 0. The maximum absolute atomic E-state index is 4.24. The van der Waals surface area contributed by atoms with Crippen molar-refractivity contribution >= 4 is 6.21 Å². The van der Waals surface area contributed by atoms with Crippen LogP contribution in [0.25, 0.3) is 0 Å². The monoisotopic (exact) mass is 179 g/mol. The molecule has 1 aliphatic carbocycles. The highest BCUT2D eigenvalue weighted by Gasteiger charge is 2.13. The number of hydrogen-bond acceptors (Lipinski definition) is 1. The van der Waals surface area contributed by atoms with Gasteiger partial charge < -0.3 is 0 Å². The lowest BCUT2D eigenvalue weighted by Crippen LogP contribution is -1.92. The van der Waals surface area contributed by atoms with E-state index in [0.717, 1.165) is 12.3 Å². The lowest BCUT2D eigenvalue weighted by molar-refractivity contribution is 0.517. The summed E-state index contributed by atoms with van der Waals surface area (Å²) in [6.45, 7) is 4.16. The van der Waals surface area contributed by atoms with Crippen LogP contribution in [0.15, 0.2) is 16.8 Å². The first kappa shape index (κ1) is 10.5. The molecule has 0 N–H and O–H groups in total. The SMILES string of the molecule is CC(C)=CN=CCCC1CCCC1. The van der Waals surface area contributed by atoms with E-state index in [4.69, 9.17) is 0 Å². The minimum Gasteiger partial charge on any atom is -0.269 e. The Balaban J connectivity index is 2.06. The molecule has 74 valence electrons. The van der Waals surface area contributed by atoms with Crippen molar-refractivity contribution < 1.29 is 0 Å². The summed E-state index contributed by atoms with van der Waals surface area (Å²) in [5.41, 5.74) is 1.28. The van der Waals surface area contributed by atoms with E-state index < -0.39 is 0 Å². The molecule has 1 aliphatic rings. The number of nitrogens with zero attached hydrogens (tertiary/aromatic N) is 1. The van der Waals surface area contributed by atoms with E-state index in [1.165, 1.54) is 37.7 Å². The fraction of sp³-hybridized carbons (Fsp3) is 0.750. The van der Waals surface area contributed by atoms with Crippen LogP contribution in [0.1, 0.15) is 52.4 Å². The summed E-state index contributed by atoms with van der Waals surface area (Å²) in [4.78, 5) is 4.24. The van der Waals surface area contributed by atoms with Gasteiger partial charge in [0.2, 0.25) is 0 Å². The van der Waals surface area contributed by atoms with Gasteiger partial charge in [-0.1, -0.05) is 31.3 Å². The van der Waals surface area contributed by atoms with Gasteiger partial charge in [0, 0.05) is 12.4 Å². The van der Waals surface area contributed by atoms with Crippen LogP contribution in [0.5, 0.6) is 0 Å². The van der Waals surface area contributed by atoms with Crippen LogP contribution in [0.4, 0.5) is 0 Å². The minimum atomic E-state index is 0.998. The highest BCUT2D eigenvalue weighted by molar-refractivity contribution is 5.58. The highest BCUT2D eigenvalue weighted by Crippen LogP contribution is 2.27. The zero-order valence-electron chi connectivity index (χ0n) is 8.92. The Kier molecular flexibility index (Phi) is 4.81. The van der Waals surface area contributed by atoms with Crippen molar-refractivity contribution in [2.24, 2.45) is 10.9 Å². The van der Waals surface area contributed by atoms with Gasteiger partial charge in [-0.25, -0.2) is 0 Å². The number of rotatable bonds is 4. The molecular weight excluding hydrogens is 158 g/mol. The third-order valence-corrected chi connectivity index (χ3v) is 2.62. The van der Waals surface area contributed by atoms with Crippen LogP contribution < -0.4 is 0 Å². The van der Waals surface area contributed by atoms with Crippen LogP contribution in [-0.2, 0) is 0 Å². The Morgan fingerprint density at radius 3 is 2.62 bits per heavy atom. The summed E-state index contributed by atoms with van der Waals surface area (Å²) in [6.07, 6.45) is 12.3. The second-order valence-corrected chi connectivity index (χ2v) is 4.27. The molecule has 0 atom stereocenters. The largest absolute Gasteiger partial charge is 0.269 e. The maximum atomic E-state index is 4.24. The van der Waals surface area contributed by atoms with E-state index in [9.17, 15) is 0 Å². The number of allylic oxidation sites excluding steroid dienone is 1. The molecule has 0 aromatic carbocycles. The third kappa shape index (κ3) is 4.87. The summed E-state index contributed by atoms with van der Waals surface area (Å²) in [7, 11) is 0. The van der Waals surface area contributed by atoms with Crippen molar-refractivity contribution in [1.82, 2.24) is 0 Å². The lowest BCUT2D eigenvalue weighted by atomic mass is 10.0. The van der Waals surface area contributed by atoms with Crippen LogP contribution in [0.2, 0.25) is 0 Å². The molecule has 1 nitrogen and oxygen atoms in total. The average molecular weight is 179 g/mol. The summed E-state index contributed by atoms with van der Waals surface area (Å²) in [5.74, 6) is 0.998. The smallest absolute Gasteiger partial charge is 0.0250 e. The van der Waals surface area contributed by atoms with Crippen LogP contribution in [0, 0.1) is 5.92 Å². The first-order chi connectivity index (χ1) is 6.29. The molecule has 1 rings (SSSR count). The van der Waals surface area contributed by atoms with Gasteiger partial charge in [0.25, 0.3) is 0 Å². The first-order valence-electron chi connectivity index (χ1n) is 5.44. The second kappa shape index (κ2) is 5.95. The van der Waals surface area contributed by atoms with Crippen molar-refractivity contribution in [1.29, 1.82) is 0 Å². The Bertz CT molecular complexity index is 181. The van der Waals surface area contributed by atoms with Gasteiger partial charge in [-0.2, -0.15) is 0 Å². The lowest BCUT2D eigenvalue weighted by Gasteiger charge is -2.04. The van der Waals surface area contributed by atoms with Gasteiger partial charge >= 0.3 is 0 Å². The topological polar surface area (TPSA) is 12.4 Å². The van der Waals surface area contributed by atoms with E-state index in [0.29, 0.717) is 0 Å².